The Bertz CT molecular complexity index is 190. The molecule has 2 aliphatic rings. The first-order chi connectivity index (χ1) is 7.86. The molecule has 2 rings (SSSR count). The number of aliphatic hydroxyl groups excluding tert-OH is 1. The van der Waals surface area contributed by atoms with Gasteiger partial charge in [0.2, 0.25) is 0 Å². The molecule has 2 heterocycles. The Morgan fingerprint density at radius 3 is 2.44 bits per heavy atom. The molecule has 94 valence electrons. The lowest BCUT2D eigenvalue weighted by Crippen LogP contribution is -2.41. The number of aliphatic hydroxyl groups is 1. The molecular formula is C13H25NO2. The van der Waals surface area contributed by atoms with Gasteiger partial charge in [-0.25, -0.2) is 0 Å². The maximum absolute atomic E-state index is 9.92. The van der Waals surface area contributed by atoms with Crippen LogP contribution >= 0.6 is 0 Å². The quantitative estimate of drug-likeness (QED) is 0.778. The van der Waals surface area contributed by atoms with Crippen LogP contribution in [0.25, 0.3) is 0 Å². The van der Waals surface area contributed by atoms with E-state index in [0.29, 0.717) is 5.92 Å². The highest BCUT2D eigenvalue weighted by Crippen LogP contribution is 2.18. The summed E-state index contributed by atoms with van der Waals surface area (Å²) in [5.74, 6) is 0.341. The molecule has 2 saturated heterocycles. The SMILES string of the molecule is OC1CCOCC1CN1CCCCCCC1. The van der Waals surface area contributed by atoms with Gasteiger partial charge in [-0.3, -0.25) is 0 Å². The molecule has 0 radical (unpaired) electrons. The normalized spacial score (nSPS) is 34.3. The van der Waals surface area contributed by atoms with E-state index in [1.807, 2.05) is 0 Å². The summed E-state index contributed by atoms with van der Waals surface area (Å²) in [6.45, 7) is 4.93. The van der Waals surface area contributed by atoms with Crippen molar-refractivity contribution in [2.45, 2.75) is 44.6 Å². The largest absolute Gasteiger partial charge is 0.393 e. The Labute approximate surface area is 98.8 Å². The molecule has 0 spiro atoms. The number of ether oxygens (including phenoxy) is 1. The van der Waals surface area contributed by atoms with Gasteiger partial charge in [0.15, 0.2) is 0 Å². The molecule has 2 unspecified atom stereocenters. The minimum atomic E-state index is -0.140. The minimum Gasteiger partial charge on any atom is -0.393 e. The zero-order valence-corrected chi connectivity index (χ0v) is 10.2. The molecule has 0 aromatic rings. The van der Waals surface area contributed by atoms with Gasteiger partial charge in [-0.15, -0.1) is 0 Å². The van der Waals surface area contributed by atoms with Crippen LogP contribution < -0.4 is 0 Å². The fourth-order valence-corrected chi connectivity index (χ4v) is 2.79. The van der Waals surface area contributed by atoms with Crippen molar-refractivity contribution in [3.8, 4) is 0 Å². The summed E-state index contributed by atoms with van der Waals surface area (Å²) in [5.41, 5.74) is 0. The number of nitrogens with zero attached hydrogens (tertiary/aromatic N) is 1. The van der Waals surface area contributed by atoms with Crippen molar-refractivity contribution in [2.75, 3.05) is 32.8 Å². The molecule has 0 aromatic heterocycles. The van der Waals surface area contributed by atoms with E-state index in [2.05, 4.69) is 4.90 Å². The van der Waals surface area contributed by atoms with Crippen LogP contribution in [0, 0.1) is 5.92 Å². The van der Waals surface area contributed by atoms with Crippen molar-refractivity contribution < 1.29 is 9.84 Å². The van der Waals surface area contributed by atoms with Crippen LogP contribution in [0.5, 0.6) is 0 Å². The van der Waals surface area contributed by atoms with Gasteiger partial charge in [0.1, 0.15) is 0 Å². The summed E-state index contributed by atoms with van der Waals surface area (Å²) in [6, 6.07) is 0. The van der Waals surface area contributed by atoms with Crippen molar-refractivity contribution in [2.24, 2.45) is 5.92 Å². The highest BCUT2D eigenvalue weighted by molar-refractivity contribution is 4.76. The smallest absolute Gasteiger partial charge is 0.0624 e. The third-order valence-electron chi connectivity index (χ3n) is 3.88. The summed E-state index contributed by atoms with van der Waals surface area (Å²) in [6.07, 6.45) is 7.48. The molecule has 0 amide bonds. The lowest BCUT2D eigenvalue weighted by molar-refractivity contribution is -0.0470. The van der Waals surface area contributed by atoms with E-state index in [0.717, 1.165) is 26.2 Å². The fraction of sp³-hybridized carbons (Fsp3) is 1.00. The molecule has 3 nitrogen and oxygen atoms in total. The van der Waals surface area contributed by atoms with E-state index in [1.54, 1.807) is 0 Å². The monoisotopic (exact) mass is 227 g/mol. The van der Waals surface area contributed by atoms with Crippen LogP contribution in [-0.4, -0.2) is 49.0 Å². The van der Waals surface area contributed by atoms with Crippen molar-refractivity contribution in [3.63, 3.8) is 0 Å². The van der Waals surface area contributed by atoms with E-state index in [1.165, 1.54) is 45.2 Å². The summed E-state index contributed by atoms with van der Waals surface area (Å²) < 4.78 is 5.46. The van der Waals surface area contributed by atoms with Crippen LogP contribution in [0.1, 0.15) is 38.5 Å². The van der Waals surface area contributed by atoms with Crippen LogP contribution in [0.2, 0.25) is 0 Å². The molecule has 2 atom stereocenters. The Morgan fingerprint density at radius 1 is 1.06 bits per heavy atom. The van der Waals surface area contributed by atoms with Crippen LogP contribution in [0.4, 0.5) is 0 Å². The van der Waals surface area contributed by atoms with Crippen molar-refractivity contribution in [1.82, 2.24) is 4.90 Å². The van der Waals surface area contributed by atoms with Gasteiger partial charge in [-0.2, -0.15) is 0 Å². The molecule has 0 aliphatic carbocycles. The summed E-state index contributed by atoms with van der Waals surface area (Å²) in [4.78, 5) is 2.53. The summed E-state index contributed by atoms with van der Waals surface area (Å²) in [5, 5.41) is 9.92. The van der Waals surface area contributed by atoms with E-state index < -0.39 is 0 Å². The average molecular weight is 227 g/mol. The maximum atomic E-state index is 9.92. The average Bonchev–Trinajstić information content (AvgIpc) is 2.24. The molecule has 2 aliphatic heterocycles. The second-order valence-electron chi connectivity index (χ2n) is 5.26. The highest BCUT2D eigenvalue weighted by Gasteiger charge is 2.25. The third-order valence-corrected chi connectivity index (χ3v) is 3.88. The van der Waals surface area contributed by atoms with Gasteiger partial charge >= 0.3 is 0 Å². The first kappa shape index (κ1) is 12.3. The van der Waals surface area contributed by atoms with Crippen molar-refractivity contribution >= 4 is 0 Å². The molecule has 0 aromatic carbocycles. The highest BCUT2D eigenvalue weighted by atomic mass is 16.5. The molecule has 1 N–H and O–H groups in total. The van der Waals surface area contributed by atoms with Gasteiger partial charge < -0.3 is 14.7 Å². The molecule has 2 fully saturated rings. The number of hydrogen-bond donors (Lipinski definition) is 1. The molecule has 0 saturated carbocycles. The predicted octanol–water partition coefficient (Wildman–Crippen LogP) is 1.65. The zero-order chi connectivity index (χ0) is 11.2. The number of rotatable bonds is 2. The molecule has 3 heteroatoms. The van der Waals surface area contributed by atoms with Crippen molar-refractivity contribution in [3.05, 3.63) is 0 Å². The lowest BCUT2D eigenvalue weighted by Gasteiger charge is -2.33. The van der Waals surface area contributed by atoms with E-state index in [-0.39, 0.29) is 6.10 Å². The van der Waals surface area contributed by atoms with Crippen molar-refractivity contribution in [1.29, 1.82) is 0 Å². The Kier molecular flexibility index (Phi) is 5.07. The second-order valence-corrected chi connectivity index (χ2v) is 5.26. The van der Waals surface area contributed by atoms with Gasteiger partial charge in [0.25, 0.3) is 0 Å². The lowest BCUT2D eigenvalue weighted by atomic mass is 9.97. The first-order valence-electron chi connectivity index (χ1n) is 6.84. The number of likely N-dealkylation sites (tertiary alicyclic amines) is 1. The minimum absolute atomic E-state index is 0.140. The van der Waals surface area contributed by atoms with Gasteiger partial charge in [-0.1, -0.05) is 19.3 Å². The Balaban J connectivity index is 1.77. The molecule has 16 heavy (non-hydrogen) atoms. The first-order valence-corrected chi connectivity index (χ1v) is 6.84. The van der Waals surface area contributed by atoms with E-state index in [4.69, 9.17) is 4.74 Å². The Hall–Kier alpha value is -0.120. The van der Waals surface area contributed by atoms with Gasteiger partial charge in [0.05, 0.1) is 12.7 Å². The second kappa shape index (κ2) is 6.58. The zero-order valence-electron chi connectivity index (χ0n) is 10.2. The molecule has 0 bridgehead atoms. The van der Waals surface area contributed by atoms with Crippen LogP contribution in [0.15, 0.2) is 0 Å². The van der Waals surface area contributed by atoms with Crippen LogP contribution in [-0.2, 0) is 4.74 Å². The maximum Gasteiger partial charge on any atom is 0.0624 e. The van der Waals surface area contributed by atoms with E-state index in [9.17, 15) is 5.11 Å². The topological polar surface area (TPSA) is 32.7 Å². The van der Waals surface area contributed by atoms with E-state index >= 15 is 0 Å². The molecular weight excluding hydrogens is 202 g/mol. The van der Waals surface area contributed by atoms with Gasteiger partial charge in [0, 0.05) is 19.1 Å². The number of hydrogen-bond acceptors (Lipinski definition) is 3. The fourth-order valence-electron chi connectivity index (χ4n) is 2.79. The summed E-state index contributed by atoms with van der Waals surface area (Å²) >= 11 is 0. The Morgan fingerprint density at radius 2 is 1.75 bits per heavy atom. The summed E-state index contributed by atoms with van der Waals surface area (Å²) in [7, 11) is 0. The van der Waals surface area contributed by atoms with Crippen LogP contribution in [0.3, 0.4) is 0 Å². The van der Waals surface area contributed by atoms with Gasteiger partial charge in [-0.05, 0) is 32.4 Å². The third kappa shape index (κ3) is 3.72. The standard InChI is InChI=1S/C13H25NO2/c15-13-6-9-16-11-12(13)10-14-7-4-2-1-3-5-8-14/h12-13,15H,1-11H2. The predicted molar refractivity (Wildman–Crippen MR) is 64.5 cm³/mol.